The summed E-state index contributed by atoms with van der Waals surface area (Å²) in [6.07, 6.45) is 1.85. The van der Waals surface area contributed by atoms with Crippen molar-refractivity contribution >= 4 is 5.69 Å². The number of halogens is 1. The van der Waals surface area contributed by atoms with E-state index in [1.807, 2.05) is 13.0 Å². The molecule has 20 heavy (non-hydrogen) atoms. The Balaban J connectivity index is 2.30. The summed E-state index contributed by atoms with van der Waals surface area (Å²) >= 11 is 0. The van der Waals surface area contributed by atoms with Crippen LogP contribution in [0.25, 0.3) is 0 Å². The SMILES string of the molecule is CC(N)Cc1cc(F)ccc1N1CCCN(C)CC1C. The molecule has 1 aromatic carbocycles. The smallest absolute Gasteiger partial charge is 0.123 e. The van der Waals surface area contributed by atoms with Crippen LogP contribution in [-0.2, 0) is 6.42 Å². The van der Waals surface area contributed by atoms with Gasteiger partial charge in [-0.2, -0.15) is 0 Å². The molecule has 1 saturated heterocycles. The molecule has 0 spiro atoms. The van der Waals surface area contributed by atoms with Crippen LogP contribution in [0.5, 0.6) is 0 Å². The fourth-order valence-electron chi connectivity index (χ4n) is 3.07. The molecule has 1 aliphatic rings. The van der Waals surface area contributed by atoms with Crippen LogP contribution in [-0.4, -0.2) is 43.7 Å². The van der Waals surface area contributed by atoms with Gasteiger partial charge in [-0.3, -0.25) is 0 Å². The molecular formula is C16H26FN3. The Morgan fingerprint density at radius 2 is 2.15 bits per heavy atom. The molecule has 112 valence electrons. The van der Waals surface area contributed by atoms with Gasteiger partial charge in [0.15, 0.2) is 0 Å². The molecule has 2 unspecified atom stereocenters. The van der Waals surface area contributed by atoms with Crippen LogP contribution < -0.4 is 10.6 Å². The van der Waals surface area contributed by atoms with Crippen LogP contribution in [0, 0.1) is 5.82 Å². The quantitative estimate of drug-likeness (QED) is 0.921. The Morgan fingerprint density at radius 3 is 2.85 bits per heavy atom. The number of anilines is 1. The number of hydrogen-bond acceptors (Lipinski definition) is 3. The fourth-order valence-corrected chi connectivity index (χ4v) is 3.07. The second-order valence-electron chi connectivity index (χ2n) is 6.11. The summed E-state index contributed by atoms with van der Waals surface area (Å²) in [4.78, 5) is 4.76. The molecule has 1 fully saturated rings. The van der Waals surface area contributed by atoms with E-state index in [2.05, 4.69) is 23.8 Å². The van der Waals surface area contributed by atoms with Gasteiger partial charge in [0.1, 0.15) is 5.82 Å². The van der Waals surface area contributed by atoms with Crippen LogP contribution in [0.15, 0.2) is 18.2 Å². The highest BCUT2D eigenvalue weighted by molar-refractivity contribution is 5.55. The monoisotopic (exact) mass is 279 g/mol. The summed E-state index contributed by atoms with van der Waals surface area (Å²) in [5.74, 6) is -0.177. The number of nitrogens with two attached hydrogens (primary N) is 1. The van der Waals surface area contributed by atoms with Crippen LogP contribution >= 0.6 is 0 Å². The first kappa shape index (κ1) is 15.3. The van der Waals surface area contributed by atoms with Gasteiger partial charge in [0.25, 0.3) is 0 Å². The van der Waals surface area contributed by atoms with Crippen molar-refractivity contribution in [2.75, 3.05) is 31.6 Å². The van der Waals surface area contributed by atoms with E-state index in [0.717, 1.165) is 37.3 Å². The van der Waals surface area contributed by atoms with E-state index in [9.17, 15) is 4.39 Å². The van der Waals surface area contributed by atoms with E-state index >= 15 is 0 Å². The lowest BCUT2D eigenvalue weighted by molar-refractivity contribution is 0.337. The Labute approximate surface area is 121 Å². The topological polar surface area (TPSA) is 32.5 Å². The van der Waals surface area contributed by atoms with Gasteiger partial charge < -0.3 is 15.5 Å². The molecule has 1 aliphatic heterocycles. The molecule has 0 aliphatic carbocycles. The maximum absolute atomic E-state index is 13.5. The number of nitrogens with zero attached hydrogens (tertiary/aromatic N) is 2. The summed E-state index contributed by atoms with van der Waals surface area (Å²) in [6, 6.07) is 5.58. The van der Waals surface area contributed by atoms with E-state index in [-0.39, 0.29) is 11.9 Å². The van der Waals surface area contributed by atoms with Crippen molar-refractivity contribution < 1.29 is 4.39 Å². The molecule has 0 amide bonds. The number of hydrogen-bond donors (Lipinski definition) is 1. The van der Waals surface area contributed by atoms with Crippen molar-refractivity contribution in [2.24, 2.45) is 5.73 Å². The lowest BCUT2D eigenvalue weighted by atomic mass is 10.0. The van der Waals surface area contributed by atoms with Crippen molar-refractivity contribution in [2.45, 2.75) is 38.8 Å². The summed E-state index contributed by atoms with van der Waals surface area (Å²) < 4.78 is 13.5. The Kier molecular flexibility index (Phi) is 5.00. The summed E-state index contributed by atoms with van der Waals surface area (Å²) in [5, 5.41) is 0. The van der Waals surface area contributed by atoms with E-state index < -0.39 is 0 Å². The summed E-state index contributed by atoms with van der Waals surface area (Å²) in [7, 11) is 2.16. The predicted octanol–water partition coefficient (Wildman–Crippen LogP) is 2.25. The second kappa shape index (κ2) is 6.55. The minimum atomic E-state index is -0.177. The predicted molar refractivity (Wildman–Crippen MR) is 82.7 cm³/mol. The van der Waals surface area contributed by atoms with Gasteiger partial charge in [-0.15, -0.1) is 0 Å². The molecule has 1 aromatic rings. The number of rotatable bonds is 3. The standard InChI is InChI=1S/C16H26FN3/c1-12(18)9-14-10-15(17)5-6-16(14)20-8-4-7-19(3)11-13(20)2/h5-6,10,12-13H,4,7-9,11,18H2,1-3H3. The average Bonchev–Trinajstić information content (AvgIpc) is 2.50. The molecule has 3 nitrogen and oxygen atoms in total. The van der Waals surface area contributed by atoms with E-state index in [1.54, 1.807) is 12.1 Å². The first-order chi connectivity index (χ1) is 9.47. The van der Waals surface area contributed by atoms with E-state index in [1.165, 1.54) is 0 Å². The molecular weight excluding hydrogens is 253 g/mol. The van der Waals surface area contributed by atoms with Gasteiger partial charge in [-0.25, -0.2) is 4.39 Å². The van der Waals surface area contributed by atoms with Gasteiger partial charge in [0.05, 0.1) is 0 Å². The summed E-state index contributed by atoms with van der Waals surface area (Å²) in [6.45, 7) is 7.37. The molecule has 2 rings (SSSR count). The zero-order valence-corrected chi connectivity index (χ0v) is 12.8. The molecule has 0 saturated carbocycles. The van der Waals surface area contributed by atoms with Crippen molar-refractivity contribution in [3.05, 3.63) is 29.6 Å². The van der Waals surface area contributed by atoms with Crippen LogP contribution in [0.4, 0.5) is 10.1 Å². The van der Waals surface area contributed by atoms with Crippen molar-refractivity contribution in [1.29, 1.82) is 0 Å². The number of benzene rings is 1. The average molecular weight is 279 g/mol. The molecule has 0 radical (unpaired) electrons. The lowest BCUT2D eigenvalue weighted by Gasteiger charge is -2.32. The maximum Gasteiger partial charge on any atom is 0.123 e. The van der Waals surface area contributed by atoms with Crippen molar-refractivity contribution in [3.8, 4) is 0 Å². The number of likely N-dealkylation sites (N-methyl/N-ethyl adjacent to an activating group) is 1. The highest BCUT2D eigenvalue weighted by Gasteiger charge is 2.22. The Morgan fingerprint density at radius 1 is 1.40 bits per heavy atom. The van der Waals surface area contributed by atoms with Crippen molar-refractivity contribution in [3.63, 3.8) is 0 Å². The summed E-state index contributed by atoms with van der Waals surface area (Å²) in [5.41, 5.74) is 8.08. The first-order valence-electron chi connectivity index (χ1n) is 7.46. The van der Waals surface area contributed by atoms with Gasteiger partial charge in [-0.1, -0.05) is 0 Å². The Bertz CT molecular complexity index is 447. The molecule has 2 atom stereocenters. The zero-order chi connectivity index (χ0) is 14.7. The molecule has 0 bridgehead atoms. The Hall–Kier alpha value is -1.13. The molecule has 0 aromatic heterocycles. The first-order valence-corrected chi connectivity index (χ1v) is 7.46. The van der Waals surface area contributed by atoms with Crippen LogP contribution in [0.1, 0.15) is 25.8 Å². The van der Waals surface area contributed by atoms with Gasteiger partial charge >= 0.3 is 0 Å². The lowest BCUT2D eigenvalue weighted by Crippen LogP contribution is -2.38. The third-order valence-electron chi connectivity index (χ3n) is 3.94. The van der Waals surface area contributed by atoms with Crippen LogP contribution in [0.3, 0.4) is 0 Å². The third kappa shape index (κ3) is 3.70. The van der Waals surface area contributed by atoms with Crippen molar-refractivity contribution in [1.82, 2.24) is 4.90 Å². The molecule has 2 N–H and O–H groups in total. The van der Waals surface area contributed by atoms with Gasteiger partial charge in [0.2, 0.25) is 0 Å². The highest BCUT2D eigenvalue weighted by atomic mass is 19.1. The highest BCUT2D eigenvalue weighted by Crippen LogP contribution is 2.26. The fraction of sp³-hybridized carbons (Fsp3) is 0.625. The van der Waals surface area contributed by atoms with E-state index in [4.69, 9.17) is 5.73 Å². The zero-order valence-electron chi connectivity index (χ0n) is 12.8. The normalized spacial score (nSPS) is 22.6. The largest absolute Gasteiger partial charge is 0.367 e. The van der Waals surface area contributed by atoms with Gasteiger partial charge in [0, 0.05) is 30.9 Å². The van der Waals surface area contributed by atoms with E-state index in [0.29, 0.717) is 12.5 Å². The molecule has 4 heteroatoms. The maximum atomic E-state index is 13.5. The third-order valence-corrected chi connectivity index (χ3v) is 3.94. The minimum Gasteiger partial charge on any atom is -0.367 e. The molecule has 1 heterocycles. The minimum absolute atomic E-state index is 0.0421. The second-order valence-corrected chi connectivity index (χ2v) is 6.11. The van der Waals surface area contributed by atoms with Crippen LogP contribution in [0.2, 0.25) is 0 Å². The van der Waals surface area contributed by atoms with Gasteiger partial charge in [-0.05, 0) is 64.0 Å².